The molecule has 0 bridgehead atoms. The molecule has 0 saturated carbocycles. The fourth-order valence-electron chi connectivity index (χ4n) is 3.80. The molecule has 2 aliphatic heterocycles. The molecule has 5 rings (SSSR count). The van der Waals surface area contributed by atoms with Gasteiger partial charge in [-0.25, -0.2) is 0 Å². The lowest BCUT2D eigenvalue weighted by atomic mass is 9.90. The lowest BCUT2D eigenvalue weighted by molar-refractivity contribution is -0.126. The summed E-state index contributed by atoms with van der Waals surface area (Å²) in [5, 5.41) is 1.81. The summed E-state index contributed by atoms with van der Waals surface area (Å²) in [5.74, 6) is 0.892. The quantitative estimate of drug-likeness (QED) is 0.674. The average Bonchev–Trinajstić information content (AvgIpc) is 3.25. The van der Waals surface area contributed by atoms with E-state index in [1.165, 1.54) is 11.8 Å². The van der Waals surface area contributed by atoms with Crippen LogP contribution in [0.1, 0.15) is 22.8 Å². The normalized spacial score (nSPS) is 14.8. The zero-order chi connectivity index (χ0) is 17.8. The third-order valence-corrected chi connectivity index (χ3v) is 4.98. The predicted octanol–water partition coefficient (Wildman–Crippen LogP) is 3.74. The van der Waals surface area contributed by atoms with Crippen molar-refractivity contribution in [2.45, 2.75) is 13.5 Å². The number of ether oxygens (including phenoxy) is 2. The van der Waals surface area contributed by atoms with Crippen LogP contribution < -0.4 is 9.47 Å². The van der Waals surface area contributed by atoms with Gasteiger partial charge in [-0.1, -0.05) is 36.4 Å². The number of amides is 2. The molecule has 0 unspecified atom stereocenters. The van der Waals surface area contributed by atoms with Crippen LogP contribution in [-0.2, 0) is 11.3 Å². The van der Waals surface area contributed by atoms with Gasteiger partial charge in [-0.2, -0.15) is 0 Å². The van der Waals surface area contributed by atoms with Gasteiger partial charge in [0.25, 0.3) is 5.91 Å². The molecular weight excluding hydrogens is 330 g/mol. The zero-order valence-corrected chi connectivity index (χ0v) is 14.1. The van der Waals surface area contributed by atoms with Crippen LogP contribution in [-0.4, -0.2) is 23.5 Å². The van der Waals surface area contributed by atoms with Gasteiger partial charge in [0.15, 0.2) is 11.5 Å². The second-order valence-electron chi connectivity index (χ2n) is 6.45. The van der Waals surface area contributed by atoms with Crippen molar-refractivity contribution >= 4 is 22.6 Å². The summed E-state index contributed by atoms with van der Waals surface area (Å²) in [6.07, 6.45) is 0. The van der Waals surface area contributed by atoms with Crippen LogP contribution in [0.15, 0.2) is 48.5 Å². The molecule has 3 aromatic carbocycles. The molecule has 0 N–H and O–H groups in total. The molecule has 0 saturated heterocycles. The number of carbonyl (C=O) groups excluding carboxylic acids is 2. The van der Waals surface area contributed by atoms with E-state index in [4.69, 9.17) is 9.47 Å². The van der Waals surface area contributed by atoms with Gasteiger partial charge in [-0.05, 0) is 34.2 Å². The summed E-state index contributed by atoms with van der Waals surface area (Å²) in [4.78, 5) is 25.9. The number of rotatable bonds is 1. The Morgan fingerprint density at radius 3 is 2.65 bits per heavy atom. The Labute approximate surface area is 149 Å². The summed E-state index contributed by atoms with van der Waals surface area (Å²) < 4.78 is 11.3. The third-order valence-electron chi connectivity index (χ3n) is 4.98. The number of nitrogens with zero attached hydrogens (tertiary/aromatic N) is 1. The molecule has 5 nitrogen and oxygen atoms in total. The number of benzene rings is 3. The van der Waals surface area contributed by atoms with Crippen molar-refractivity contribution in [1.29, 1.82) is 0 Å². The summed E-state index contributed by atoms with van der Waals surface area (Å²) in [6, 6.07) is 15.5. The number of carbonyl (C=O) groups is 2. The molecule has 0 fully saturated rings. The average molecular weight is 345 g/mol. The molecule has 0 radical (unpaired) electrons. The van der Waals surface area contributed by atoms with Crippen molar-refractivity contribution in [2.24, 2.45) is 0 Å². The number of hydrogen-bond donors (Lipinski definition) is 0. The van der Waals surface area contributed by atoms with Crippen LogP contribution in [0.3, 0.4) is 0 Å². The van der Waals surface area contributed by atoms with E-state index in [0.717, 1.165) is 27.5 Å². The summed E-state index contributed by atoms with van der Waals surface area (Å²) in [7, 11) is 0. The molecule has 3 aromatic rings. The van der Waals surface area contributed by atoms with Crippen LogP contribution in [0, 0.1) is 0 Å². The van der Waals surface area contributed by atoms with Crippen LogP contribution >= 0.6 is 0 Å². The van der Waals surface area contributed by atoms with Gasteiger partial charge < -0.3 is 9.47 Å². The van der Waals surface area contributed by atoms with Gasteiger partial charge in [0.2, 0.25) is 12.7 Å². The van der Waals surface area contributed by atoms with E-state index in [2.05, 4.69) is 0 Å². The first-order valence-corrected chi connectivity index (χ1v) is 8.41. The summed E-state index contributed by atoms with van der Waals surface area (Å²) >= 11 is 0. The van der Waals surface area contributed by atoms with Gasteiger partial charge in [0.05, 0.1) is 6.54 Å². The highest BCUT2D eigenvalue weighted by molar-refractivity contribution is 6.15. The van der Waals surface area contributed by atoms with E-state index in [-0.39, 0.29) is 25.2 Å². The van der Waals surface area contributed by atoms with E-state index in [9.17, 15) is 9.59 Å². The first-order valence-electron chi connectivity index (χ1n) is 8.41. The molecular formula is C21H15NO4. The van der Waals surface area contributed by atoms with Crippen molar-refractivity contribution in [3.05, 3.63) is 59.7 Å². The topological polar surface area (TPSA) is 55.8 Å². The van der Waals surface area contributed by atoms with Gasteiger partial charge in [0, 0.05) is 17.9 Å². The Hall–Kier alpha value is -3.34. The molecule has 0 spiro atoms. The van der Waals surface area contributed by atoms with Gasteiger partial charge in [-0.3, -0.25) is 14.5 Å². The molecule has 2 amide bonds. The lowest BCUT2D eigenvalue weighted by Crippen LogP contribution is -2.28. The zero-order valence-electron chi connectivity index (χ0n) is 14.1. The molecule has 128 valence electrons. The van der Waals surface area contributed by atoms with Gasteiger partial charge in [0.1, 0.15) is 0 Å². The Bertz CT molecular complexity index is 1090. The minimum Gasteiger partial charge on any atom is -0.454 e. The lowest BCUT2D eigenvalue weighted by Gasteiger charge is -2.14. The highest BCUT2D eigenvalue weighted by Crippen LogP contribution is 2.47. The maximum Gasteiger partial charge on any atom is 0.261 e. The van der Waals surface area contributed by atoms with E-state index in [1.54, 1.807) is 0 Å². The van der Waals surface area contributed by atoms with Crippen molar-refractivity contribution in [3.63, 3.8) is 0 Å². The highest BCUT2D eigenvalue weighted by atomic mass is 16.7. The minimum absolute atomic E-state index is 0.179. The van der Waals surface area contributed by atoms with Crippen molar-refractivity contribution in [1.82, 2.24) is 4.90 Å². The molecule has 5 heteroatoms. The molecule has 2 heterocycles. The molecule has 0 aliphatic carbocycles. The minimum atomic E-state index is -0.251. The smallest absolute Gasteiger partial charge is 0.261 e. The Morgan fingerprint density at radius 1 is 1.08 bits per heavy atom. The number of imide groups is 1. The van der Waals surface area contributed by atoms with E-state index >= 15 is 0 Å². The van der Waals surface area contributed by atoms with Crippen LogP contribution in [0.5, 0.6) is 11.5 Å². The SMILES string of the molecule is CC(=O)N1Cc2c(cc3ccc4c(c3c2-c2ccccc2)OCO4)C1=O. The number of fused-ring (bicyclic) bond motifs is 4. The van der Waals surface area contributed by atoms with Crippen molar-refractivity contribution < 1.29 is 19.1 Å². The van der Waals surface area contributed by atoms with E-state index in [0.29, 0.717) is 17.1 Å². The number of hydrogen-bond acceptors (Lipinski definition) is 4. The van der Waals surface area contributed by atoms with Crippen molar-refractivity contribution in [3.8, 4) is 22.6 Å². The summed E-state index contributed by atoms with van der Waals surface area (Å²) in [5.41, 5.74) is 3.34. The third kappa shape index (κ3) is 1.97. The predicted molar refractivity (Wildman–Crippen MR) is 96.1 cm³/mol. The van der Waals surface area contributed by atoms with Gasteiger partial charge in [-0.15, -0.1) is 0 Å². The summed E-state index contributed by atoms with van der Waals surface area (Å²) in [6.45, 7) is 1.87. The molecule has 0 atom stereocenters. The molecule has 26 heavy (non-hydrogen) atoms. The van der Waals surface area contributed by atoms with Crippen LogP contribution in [0.25, 0.3) is 21.9 Å². The Kier molecular flexibility index (Phi) is 3.06. The van der Waals surface area contributed by atoms with E-state index in [1.807, 2.05) is 48.5 Å². The first-order chi connectivity index (χ1) is 12.6. The maximum absolute atomic E-state index is 12.7. The Morgan fingerprint density at radius 2 is 1.88 bits per heavy atom. The van der Waals surface area contributed by atoms with E-state index < -0.39 is 0 Å². The monoisotopic (exact) mass is 345 g/mol. The van der Waals surface area contributed by atoms with Gasteiger partial charge >= 0.3 is 0 Å². The first kappa shape index (κ1) is 15.0. The second kappa shape index (κ2) is 5.33. The van der Waals surface area contributed by atoms with Crippen LogP contribution in [0.2, 0.25) is 0 Å². The largest absolute Gasteiger partial charge is 0.454 e. The van der Waals surface area contributed by atoms with Crippen molar-refractivity contribution in [2.75, 3.05) is 6.79 Å². The Balaban J connectivity index is 1.90. The molecule has 0 aromatic heterocycles. The van der Waals surface area contributed by atoms with Crippen LogP contribution in [0.4, 0.5) is 0 Å². The molecule has 2 aliphatic rings. The maximum atomic E-state index is 12.7. The standard InChI is InChI=1S/C21H15NO4/c1-12(23)22-10-16-15(21(22)24)9-14-7-8-17-20(26-11-25-17)19(14)18(16)13-5-3-2-4-6-13/h2-9H,10-11H2,1H3. The fourth-order valence-corrected chi connectivity index (χ4v) is 3.80. The highest BCUT2D eigenvalue weighted by Gasteiger charge is 2.34. The fraction of sp³-hybridized carbons (Fsp3) is 0.143. The second-order valence-corrected chi connectivity index (χ2v) is 6.45.